The summed E-state index contributed by atoms with van der Waals surface area (Å²) < 4.78 is 28.2. The smallest absolute Gasteiger partial charge is 0.269 e. The van der Waals surface area contributed by atoms with Crippen molar-refractivity contribution in [2.45, 2.75) is 11.8 Å². The molecule has 1 heterocycles. The Morgan fingerprint density at radius 3 is 2.48 bits per heavy atom. The lowest BCUT2D eigenvalue weighted by Crippen LogP contribution is -2.31. The van der Waals surface area contributed by atoms with Gasteiger partial charge in [0.25, 0.3) is 5.91 Å². The first kappa shape index (κ1) is 19.9. The molecule has 21 heavy (non-hydrogen) atoms. The molecule has 1 aromatic rings. The van der Waals surface area contributed by atoms with Crippen LogP contribution >= 0.6 is 12.4 Å². The fraction of sp³-hybridized carbons (Fsp3) is 0.583. The van der Waals surface area contributed by atoms with E-state index in [-0.39, 0.29) is 23.2 Å². The fourth-order valence-corrected chi connectivity index (χ4v) is 2.76. The van der Waals surface area contributed by atoms with Crippen LogP contribution in [0.15, 0.2) is 17.2 Å². The van der Waals surface area contributed by atoms with Gasteiger partial charge in [-0.25, -0.2) is 13.1 Å². The van der Waals surface area contributed by atoms with Gasteiger partial charge in [0, 0.05) is 40.4 Å². The summed E-state index contributed by atoms with van der Waals surface area (Å²) in [5.41, 5.74) is 0.335. The van der Waals surface area contributed by atoms with Gasteiger partial charge in [-0.05, 0) is 12.6 Å². The summed E-state index contributed by atoms with van der Waals surface area (Å²) in [6.45, 7) is 3.60. The second-order valence-corrected chi connectivity index (χ2v) is 6.39. The number of halogens is 1. The van der Waals surface area contributed by atoms with Crippen LogP contribution < -0.4 is 10.0 Å². The molecule has 0 radical (unpaired) electrons. The van der Waals surface area contributed by atoms with Gasteiger partial charge in [0.1, 0.15) is 10.6 Å². The average Bonchev–Trinajstić information content (AvgIpc) is 2.76. The third kappa shape index (κ3) is 5.31. The Hall–Kier alpha value is -1.09. The van der Waals surface area contributed by atoms with Crippen LogP contribution in [0.25, 0.3) is 0 Å². The first-order valence-electron chi connectivity index (χ1n) is 6.38. The number of aryl methyl sites for hydroxylation is 1. The number of nitrogens with one attached hydrogen (secondary N) is 2. The van der Waals surface area contributed by atoms with Gasteiger partial charge in [0.15, 0.2) is 0 Å². The summed E-state index contributed by atoms with van der Waals surface area (Å²) >= 11 is 0. The molecule has 0 saturated carbocycles. The van der Waals surface area contributed by atoms with Crippen LogP contribution in [0.5, 0.6) is 0 Å². The first-order chi connectivity index (χ1) is 9.29. The van der Waals surface area contributed by atoms with Crippen LogP contribution in [0.2, 0.25) is 0 Å². The minimum absolute atomic E-state index is 0. The minimum Gasteiger partial charge on any atom is -0.345 e. The standard InChI is InChI=1S/C12H22N4O3S.ClH/c1-5-13-6-7-14-20(18,19)10-8-11(16(4)9-10)12(17)15(2)3;/h8-9,13-14H,5-7H2,1-4H3;1H. The van der Waals surface area contributed by atoms with Crippen molar-refractivity contribution >= 4 is 28.3 Å². The maximum Gasteiger partial charge on any atom is 0.269 e. The van der Waals surface area contributed by atoms with Crippen molar-refractivity contribution in [3.8, 4) is 0 Å². The number of sulfonamides is 1. The molecular weight excluding hydrogens is 316 g/mol. The molecule has 1 aromatic heterocycles. The number of hydrogen-bond donors (Lipinski definition) is 2. The van der Waals surface area contributed by atoms with E-state index in [1.807, 2.05) is 6.92 Å². The SMILES string of the molecule is CCNCCNS(=O)(=O)c1cc(C(=O)N(C)C)n(C)c1.Cl. The van der Waals surface area contributed by atoms with E-state index in [9.17, 15) is 13.2 Å². The van der Waals surface area contributed by atoms with Crippen molar-refractivity contribution in [1.82, 2.24) is 19.5 Å². The number of carbonyl (C=O) groups excluding carboxylic acids is 1. The molecule has 7 nitrogen and oxygen atoms in total. The number of amides is 1. The number of hydrogen-bond acceptors (Lipinski definition) is 4. The monoisotopic (exact) mass is 338 g/mol. The molecule has 0 fully saturated rings. The molecule has 0 aliphatic carbocycles. The largest absolute Gasteiger partial charge is 0.345 e. The molecule has 122 valence electrons. The quantitative estimate of drug-likeness (QED) is 0.687. The van der Waals surface area contributed by atoms with Gasteiger partial charge in [-0.1, -0.05) is 6.92 Å². The molecule has 0 aliphatic rings. The Bertz CT molecular complexity index is 569. The van der Waals surface area contributed by atoms with E-state index in [0.717, 1.165) is 6.54 Å². The van der Waals surface area contributed by atoms with Crippen LogP contribution in [-0.4, -0.2) is 57.5 Å². The van der Waals surface area contributed by atoms with E-state index < -0.39 is 10.0 Å². The molecule has 1 amide bonds. The maximum atomic E-state index is 12.1. The van der Waals surface area contributed by atoms with Gasteiger partial charge in [-0.15, -0.1) is 12.4 Å². The summed E-state index contributed by atoms with van der Waals surface area (Å²) in [4.78, 5) is 13.4. The average molecular weight is 339 g/mol. The van der Waals surface area contributed by atoms with Crippen LogP contribution in [-0.2, 0) is 17.1 Å². The van der Waals surface area contributed by atoms with Crippen molar-refractivity contribution in [1.29, 1.82) is 0 Å². The predicted octanol–water partition coefficient (Wildman–Crippen LogP) is 0.0365. The van der Waals surface area contributed by atoms with Crippen LogP contribution in [0.3, 0.4) is 0 Å². The number of nitrogens with zero attached hydrogens (tertiary/aromatic N) is 2. The molecule has 0 aliphatic heterocycles. The highest BCUT2D eigenvalue weighted by Crippen LogP contribution is 2.14. The van der Waals surface area contributed by atoms with Crippen molar-refractivity contribution in [2.75, 3.05) is 33.7 Å². The van der Waals surface area contributed by atoms with E-state index in [2.05, 4.69) is 10.0 Å². The number of likely N-dealkylation sites (N-methyl/N-ethyl adjacent to an activating group) is 1. The highest BCUT2D eigenvalue weighted by molar-refractivity contribution is 7.89. The number of carbonyl (C=O) groups is 1. The van der Waals surface area contributed by atoms with Crippen LogP contribution in [0.1, 0.15) is 17.4 Å². The Morgan fingerprint density at radius 2 is 1.95 bits per heavy atom. The van der Waals surface area contributed by atoms with Gasteiger partial charge >= 0.3 is 0 Å². The lowest BCUT2D eigenvalue weighted by atomic mass is 10.4. The Labute approximate surface area is 132 Å². The molecule has 0 bridgehead atoms. The Kier molecular flexibility index (Phi) is 7.94. The molecule has 0 atom stereocenters. The topological polar surface area (TPSA) is 83.4 Å². The second-order valence-electron chi connectivity index (χ2n) is 4.62. The lowest BCUT2D eigenvalue weighted by Gasteiger charge is -2.09. The molecule has 9 heteroatoms. The Morgan fingerprint density at radius 1 is 1.33 bits per heavy atom. The van der Waals surface area contributed by atoms with Gasteiger partial charge in [0.2, 0.25) is 10.0 Å². The van der Waals surface area contributed by atoms with E-state index in [0.29, 0.717) is 18.8 Å². The molecule has 2 N–H and O–H groups in total. The molecule has 0 aromatic carbocycles. The van der Waals surface area contributed by atoms with E-state index in [1.165, 1.54) is 21.7 Å². The summed E-state index contributed by atoms with van der Waals surface area (Å²) in [7, 11) is 1.31. The van der Waals surface area contributed by atoms with E-state index >= 15 is 0 Å². The summed E-state index contributed by atoms with van der Waals surface area (Å²) in [6, 6.07) is 1.39. The summed E-state index contributed by atoms with van der Waals surface area (Å²) in [6.07, 6.45) is 1.44. The van der Waals surface area contributed by atoms with Crippen molar-refractivity contribution in [3.05, 3.63) is 18.0 Å². The number of rotatable bonds is 7. The summed E-state index contributed by atoms with van der Waals surface area (Å²) in [5.74, 6) is -0.235. The molecule has 1 rings (SSSR count). The molecular formula is C12H23ClN4O3S. The zero-order chi connectivity index (χ0) is 15.3. The first-order valence-corrected chi connectivity index (χ1v) is 7.86. The van der Waals surface area contributed by atoms with Crippen molar-refractivity contribution in [3.63, 3.8) is 0 Å². The van der Waals surface area contributed by atoms with Crippen molar-refractivity contribution < 1.29 is 13.2 Å². The van der Waals surface area contributed by atoms with Crippen LogP contribution in [0.4, 0.5) is 0 Å². The normalized spacial score (nSPS) is 11.0. The van der Waals surface area contributed by atoms with Gasteiger partial charge in [-0.2, -0.15) is 0 Å². The third-order valence-corrected chi connectivity index (χ3v) is 4.19. The van der Waals surface area contributed by atoms with Crippen molar-refractivity contribution in [2.24, 2.45) is 7.05 Å². The Balaban J connectivity index is 0.00000400. The molecule has 0 saturated heterocycles. The minimum atomic E-state index is -3.58. The molecule has 0 spiro atoms. The highest BCUT2D eigenvalue weighted by Gasteiger charge is 2.20. The van der Waals surface area contributed by atoms with E-state index in [4.69, 9.17) is 0 Å². The van der Waals surface area contributed by atoms with Gasteiger partial charge in [-0.3, -0.25) is 4.79 Å². The summed E-state index contributed by atoms with van der Waals surface area (Å²) in [5, 5.41) is 3.03. The van der Waals surface area contributed by atoms with E-state index in [1.54, 1.807) is 21.1 Å². The zero-order valence-corrected chi connectivity index (χ0v) is 14.3. The highest BCUT2D eigenvalue weighted by atomic mass is 35.5. The number of aromatic nitrogens is 1. The molecule has 0 unspecified atom stereocenters. The van der Waals surface area contributed by atoms with Gasteiger partial charge in [0.05, 0.1) is 0 Å². The zero-order valence-electron chi connectivity index (χ0n) is 12.7. The van der Waals surface area contributed by atoms with Gasteiger partial charge < -0.3 is 14.8 Å². The fourth-order valence-electron chi connectivity index (χ4n) is 1.66. The lowest BCUT2D eigenvalue weighted by molar-refractivity contribution is 0.0818. The van der Waals surface area contributed by atoms with Crippen LogP contribution in [0, 0.1) is 0 Å². The predicted molar refractivity (Wildman–Crippen MR) is 84.4 cm³/mol. The second kappa shape index (κ2) is 8.38. The maximum absolute atomic E-state index is 12.1. The third-order valence-electron chi connectivity index (χ3n) is 2.76.